The normalized spacial score (nSPS) is 8.69. The lowest BCUT2D eigenvalue weighted by Gasteiger charge is -2.05. The lowest BCUT2D eigenvalue weighted by atomic mass is 10.4. The van der Waals surface area contributed by atoms with E-state index in [0.717, 1.165) is 0 Å². The smallest absolute Gasteiger partial charge is 0.306 e. The number of esters is 1. The molecule has 0 unspecified atom stereocenters. The van der Waals surface area contributed by atoms with Crippen molar-refractivity contribution in [2.24, 2.45) is 5.73 Å². The Balaban J connectivity index is 0. The molecule has 0 saturated heterocycles. The molecule has 78 valence electrons. The van der Waals surface area contributed by atoms with Crippen molar-refractivity contribution in [1.82, 2.24) is 0 Å². The van der Waals surface area contributed by atoms with E-state index < -0.39 is 0 Å². The largest absolute Gasteiger partial charge is 0.463 e. The summed E-state index contributed by atoms with van der Waals surface area (Å²) in [6.07, 6.45) is 0.402. The monoisotopic (exact) mass is 207 g/mol. The highest BCUT2D eigenvalue weighted by Gasteiger charge is 2.01. The fourth-order valence-electron chi connectivity index (χ4n) is 0.413. The van der Waals surface area contributed by atoms with Crippen molar-refractivity contribution in [2.75, 3.05) is 5.75 Å². The third kappa shape index (κ3) is 24.6. The van der Waals surface area contributed by atoms with Gasteiger partial charge in [0.1, 0.15) is 0 Å². The number of hydrogen-bond acceptors (Lipinski definition) is 4. The summed E-state index contributed by atoms with van der Waals surface area (Å²) in [4.78, 5) is 19.8. The first-order chi connectivity index (χ1) is 5.90. The molecule has 1 amide bonds. The molecule has 0 atom stereocenters. The van der Waals surface area contributed by atoms with E-state index in [1.54, 1.807) is 0 Å². The molecule has 0 aliphatic carbocycles. The Morgan fingerprint density at radius 1 is 1.46 bits per heavy atom. The summed E-state index contributed by atoms with van der Waals surface area (Å²) in [5.41, 5.74) is 4.47. The number of primary amides is 1. The van der Waals surface area contributed by atoms with E-state index >= 15 is 0 Å². The molecule has 0 aromatic heterocycles. The second-order valence-corrected chi connectivity index (χ2v) is 3.07. The maximum Gasteiger partial charge on any atom is 0.306 e. The standard InChI is InChI=1S/C6H12O2S.C2H5NO/c1-5(2)8-6(7)3-4-9;1-2(3)4/h5,9H,3-4H2,1-2H3;1H3,(H2,3,4). The molecule has 0 aliphatic rings. The van der Waals surface area contributed by atoms with Crippen molar-refractivity contribution in [2.45, 2.75) is 33.3 Å². The van der Waals surface area contributed by atoms with Gasteiger partial charge < -0.3 is 10.5 Å². The van der Waals surface area contributed by atoms with E-state index in [1.165, 1.54) is 6.92 Å². The number of rotatable bonds is 3. The lowest BCUT2D eigenvalue weighted by molar-refractivity contribution is -0.146. The van der Waals surface area contributed by atoms with Crippen molar-refractivity contribution in [3.8, 4) is 0 Å². The Morgan fingerprint density at radius 3 is 2.08 bits per heavy atom. The summed E-state index contributed by atoms with van der Waals surface area (Å²) in [5.74, 6) is 0.0611. The minimum absolute atomic E-state index is 0.00242. The fourth-order valence-corrected chi connectivity index (χ4v) is 0.596. The third-order valence-corrected chi connectivity index (χ3v) is 0.907. The molecule has 0 radical (unpaired) electrons. The van der Waals surface area contributed by atoms with Crippen LogP contribution >= 0.6 is 12.6 Å². The van der Waals surface area contributed by atoms with Gasteiger partial charge >= 0.3 is 5.97 Å². The van der Waals surface area contributed by atoms with Gasteiger partial charge in [-0.25, -0.2) is 0 Å². The summed E-state index contributed by atoms with van der Waals surface area (Å²) in [6, 6.07) is 0. The Labute approximate surface area is 84.2 Å². The van der Waals surface area contributed by atoms with Crippen LogP contribution in [0.1, 0.15) is 27.2 Å². The van der Waals surface area contributed by atoms with Crippen LogP contribution in [0.3, 0.4) is 0 Å². The summed E-state index contributed by atoms with van der Waals surface area (Å²) < 4.78 is 4.80. The zero-order valence-electron chi connectivity index (χ0n) is 8.24. The van der Waals surface area contributed by atoms with Crippen molar-refractivity contribution in [3.05, 3.63) is 0 Å². The average Bonchev–Trinajstić information content (AvgIpc) is 1.83. The summed E-state index contributed by atoms with van der Waals surface area (Å²) in [7, 11) is 0. The molecule has 0 fully saturated rings. The number of carbonyl (C=O) groups excluding carboxylic acids is 2. The predicted molar refractivity (Wildman–Crippen MR) is 54.6 cm³/mol. The number of amides is 1. The first kappa shape index (κ1) is 14.8. The quantitative estimate of drug-likeness (QED) is 0.530. The van der Waals surface area contributed by atoms with E-state index in [9.17, 15) is 9.59 Å². The summed E-state index contributed by atoms with van der Waals surface area (Å²) in [6.45, 7) is 4.97. The highest BCUT2D eigenvalue weighted by atomic mass is 32.1. The van der Waals surface area contributed by atoms with Gasteiger partial charge in [-0.1, -0.05) is 0 Å². The third-order valence-electron chi connectivity index (χ3n) is 0.683. The number of hydrogen-bond donors (Lipinski definition) is 2. The molecule has 0 bridgehead atoms. The maximum atomic E-state index is 10.6. The lowest BCUT2D eigenvalue weighted by Crippen LogP contribution is -2.11. The molecule has 0 rings (SSSR count). The van der Waals surface area contributed by atoms with Crippen LogP contribution in [0.15, 0.2) is 0 Å². The predicted octanol–water partition coefficient (Wildman–Crippen LogP) is 0.750. The van der Waals surface area contributed by atoms with Gasteiger partial charge in [0.15, 0.2) is 0 Å². The Bertz CT molecular complexity index is 155. The average molecular weight is 207 g/mol. The van der Waals surface area contributed by atoms with Gasteiger partial charge in [-0.15, -0.1) is 0 Å². The van der Waals surface area contributed by atoms with Gasteiger partial charge in [0.2, 0.25) is 5.91 Å². The van der Waals surface area contributed by atoms with Crippen molar-refractivity contribution in [3.63, 3.8) is 0 Å². The molecule has 4 nitrogen and oxygen atoms in total. The molecule has 0 aliphatic heterocycles. The van der Waals surface area contributed by atoms with Crippen LogP contribution in [-0.2, 0) is 14.3 Å². The number of ether oxygens (including phenoxy) is 1. The zero-order valence-corrected chi connectivity index (χ0v) is 9.14. The molecular weight excluding hydrogens is 190 g/mol. The maximum absolute atomic E-state index is 10.6. The molecular formula is C8H17NO3S. The van der Waals surface area contributed by atoms with Crippen molar-refractivity contribution in [1.29, 1.82) is 0 Å². The van der Waals surface area contributed by atoms with Crippen LogP contribution in [0.4, 0.5) is 0 Å². The first-order valence-corrected chi connectivity index (χ1v) is 4.59. The van der Waals surface area contributed by atoms with Gasteiger partial charge in [-0.2, -0.15) is 12.6 Å². The van der Waals surface area contributed by atoms with Crippen LogP contribution in [0.25, 0.3) is 0 Å². The highest BCUT2D eigenvalue weighted by Crippen LogP contribution is 1.93. The topological polar surface area (TPSA) is 69.4 Å². The van der Waals surface area contributed by atoms with Gasteiger partial charge in [0, 0.05) is 12.7 Å². The highest BCUT2D eigenvalue weighted by molar-refractivity contribution is 7.80. The number of nitrogens with two attached hydrogens (primary N) is 1. The van der Waals surface area contributed by atoms with E-state index in [0.29, 0.717) is 12.2 Å². The van der Waals surface area contributed by atoms with Crippen LogP contribution < -0.4 is 5.73 Å². The Morgan fingerprint density at radius 2 is 1.85 bits per heavy atom. The SMILES string of the molecule is CC(C)OC(=O)CCS.CC(N)=O. The summed E-state index contributed by atoms with van der Waals surface area (Å²) in [5, 5.41) is 0. The van der Waals surface area contributed by atoms with Gasteiger partial charge in [0.25, 0.3) is 0 Å². The van der Waals surface area contributed by atoms with E-state index in [2.05, 4.69) is 18.4 Å². The van der Waals surface area contributed by atoms with Crippen molar-refractivity contribution >= 4 is 24.5 Å². The molecule has 0 aromatic rings. The molecule has 0 aromatic carbocycles. The molecule has 5 heteroatoms. The molecule has 13 heavy (non-hydrogen) atoms. The molecule has 0 saturated carbocycles. The van der Waals surface area contributed by atoms with E-state index in [1.807, 2.05) is 13.8 Å². The van der Waals surface area contributed by atoms with E-state index in [4.69, 9.17) is 4.74 Å². The summed E-state index contributed by atoms with van der Waals surface area (Å²) >= 11 is 3.88. The van der Waals surface area contributed by atoms with Gasteiger partial charge in [-0.05, 0) is 13.8 Å². The van der Waals surface area contributed by atoms with Crippen LogP contribution in [0.5, 0.6) is 0 Å². The van der Waals surface area contributed by atoms with Crippen LogP contribution in [0, 0.1) is 0 Å². The molecule has 2 N–H and O–H groups in total. The minimum Gasteiger partial charge on any atom is -0.463 e. The van der Waals surface area contributed by atoms with Crippen molar-refractivity contribution < 1.29 is 14.3 Å². The second kappa shape index (κ2) is 9.38. The zero-order chi connectivity index (χ0) is 10.9. The fraction of sp³-hybridized carbons (Fsp3) is 0.750. The van der Waals surface area contributed by atoms with Crippen LogP contribution in [-0.4, -0.2) is 23.7 Å². The number of thiol groups is 1. The second-order valence-electron chi connectivity index (χ2n) is 2.62. The first-order valence-electron chi connectivity index (χ1n) is 3.96. The van der Waals surface area contributed by atoms with Crippen LogP contribution in [0.2, 0.25) is 0 Å². The van der Waals surface area contributed by atoms with E-state index in [-0.39, 0.29) is 18.0 Å². The van der Waals surface area contributed by atoms with Gasteiger partial charge in [-0.3, -0.25) is 9.59 Å². The molecule has 0 spiro atoms. The number of carbonyl (C=O) groups is 2. The minimum atomic E-state index is -0.333. The van der Waals surface area contributed by atoms with Gasteiger partial charge in [0.05, 0.1) is 12.5 Å². The Kier molecular flexibility index (Phi) is 10.7. The molecule has 0 heterocycles. The Hall–Kier alpha value is -0.710.